The predicted octanol–water partition coefficient (Wildman–Crippen LogP) is 3.66. The minimum absolute atomic E-state index is 0.372. The Kier molecular flexibility index (Phi) is 5.22. The molecule has 20 heavy (non-hydrogen) atoms. The molecule has 0 bridgehead atoms. The minimum atomic E-state index is 0.372. The lowest BCUT2D eigenvalue weighted by atomic mass is 9.86. The van der Waals surface area contributed by atoms with E-state index in [-0.39, 0.29) is 0 Å². The van der Waals surface area contributed by atoms with E-state index >= 15 is 0 Å². The Morgan fingerprint density at radius 3 is 2.30 bits per heavy atom. The highest BCUT2D eigenvalue weighted by atomic mass is 15.1. The molecule has 1 aliphatic rings. The summed E-state index contributed by atoms with van der Waals surface area (Å²) in [5.74, 6) is 0.729. The van der Waals surface area contributed by atoms with Crippen molar-refractivity contribution in [2.24, 2.45) is 11.3 Å². The fourth-order valence-electron chi connectivity index (χ4n) is 3.01. The minimum Gasteiger partial charge on any atom is -0.316 e. The lowest BCUT2D eigenvalue weighted by molar-refractivity contribution is 0.154. The maximum absolute atomic E-state index is 3.64. The van der Waals surface area contributed by atoms with Crippen LogP contribution in [0.4, 0.5) is 0 Å². The van der Waals surface area contributed by atoms with E-state index in [1.165, 1.54) is 24.1 Å². The first kappa shape index (κ1) is 15.5. The molecule has 112 valence electrons. The first-order chi connectivity index (χ1) is 9.52. The van der Waals surface area contributed by atoms with Gasteiger partial charge < -0.3 is 5.32 Å². The third-order valence-electron chi connectivity index (χ3n) is 4.47. The fourth-order valence-corrected chi connectivity index (χ4v) is 3.01. The third-order valence-corrected chi connectivity index (χ3v) is 4.47. The van der Waals surface area contributed by atoms with Crippen molar-refractivity contribution >= 4 is 0 Å². The van der Waals surface area contributed by atoms with Crippen molar-refractivity contribution in [1.29, 1.82) is 0 Å². The molecule has 0 fully saturated rings. The molecule has 1 heterocycles. The van der Waals surface area contributed by atoms with Crippen LogP contribution in [0.5, 0.6) is 0 Å². The third kappa shape index (κ3) is 4.07. The average Bonchev–Trinajstić information content (AvgIpc) is 2.80. The molecular weight excluding hydrogens is 244 g/mol. The number of nitrogens with zero attached hydrogens (tertiary/aromatic N) is 1. The number of hydrogen-bond acceptors (Lipinski definition) is 2. The van der Waals surface area contributed by atoms with E-state index in [2.05, 4.69) is 62.2 Å². The molecule has 0 spiro atoms. The second-order valence-electron chi connectivity index (χ2n) is 7.10. The highest BCUT2D eigenvalue weighted by molar-refractivity contribution is 5.30. The molecule has 1 aromatic carbocycles. The maximum Gasteiger partial charge on any atom is 0.0240 e. The van der Waals surface area contributed by atoms with Crippen LogP contribution < -0.4 is 5.32 Å². The summed E-state index contributed by atoms with van der Waals surface area (Å²) in [5, 5.41) is 3.64. The molecule has 2 nitrogen and oxygen atoms in total. The Bertz CT molecular complexity index is 402. The standard InChI is InChI=1S/C18H30N2/c1-5-18(4,13-19-10-15(2)3)14-20-11-16-8-6-7-9-17(16)12-20/h6-9,15,19H,5,10-14H2,1-4H3. The summed E-state index contributed by atoms with van der Waals surface area (Å²) < 4.78 is 0. The molecule has 0 aliphatic carbocycles. The Balaban J connectivity index is 1.88. The van der Waals surface area contributed by atoms with Crippen LogP contribution in [0.15, 0.2) is 24.3 Å². The van der Waals surface area contributed by atoms with Crippen molar-refractivity contribution < 1.29 is 0 Å². The lowest BCUT2D eigenvalue weighted by Gasteiger charge is -2.33. The Hall–Kier alpha value is -0.860. The summed E-state index contributed by atoms with van der Waals surface area (Å²) in [6.07, 6.45) is 1.23. The van der Waals surface area contributed by atoms with E-state index in [1.807, 2.05) is 0 Å². The summed E-state index contributed by atoms with van der Waals surface area (Å²) in [6, 6.07) is 8.86. The molecule has 0 aromatic heterocycles. The first-order valence-corrected chi connectivity index (χ1v) is 8.02. The predicted molar refractivity (Wildman–Crippen MR) is 86.7 cm³/mol. The lowest BCUT2D eigenvalue weighted by Crippen LogP contribution is -2.41. The van der Waals surface area contributed by atoms with Crippen molar-refractivity contribution in [3.63, 3.8) is 0 Å². The number of fused-ring (bicyclic) bond motifs is 1. The van der Waals surface area contributed by atoms with Crippen molar-refractivity contribution in [3.05, 3.63) is 35.4 Å². The number of rotatable bonds is 7. The summed E-state index contributed by atoms with van der Waals surface area (Å²) in [5.41, 5.74) is 3.40. The van der Waals surface area contributed by atoms with Crippen molar-refractivity contribution in [2.75, 3.05) is 19.6 Å². The largest absolute Gasteiger partial charge is 0.316 e. The molecule has 1 aromatic rings. The van der Waals surface area contributed by atoms with Crippen molar-refractivity contribution in [2.45, 2.75) is 47.2 Å². The van der Waals surface area contributed by atoms with Crippen molar-refractivity contribution in [3.8, 4) is 0 Å². The first-order valence-electron chi connectivity index (χ1n) is 8.02. The molecule has 0 saturated carbocycles. The van der Waals surface area contributed by atoms with Crippen LogP contribution in [0.25, 0.3) is 0 Å². The molecule has 2 rings (SSSR count). The maximum atomic E-state index is 3.64. The SMILES string of the molecule is CCC(C)(CNCC(C)C)CN1Cc2ccccc2C1. The van der Waals surface area contributed by atoms with Gasteiger partial charge in [-0.05, 0) is 35.4 Å². The topological polar surface area (TPSA) is 15.3 Å². The summed E-state index contributed by atoms with van der Waals surface area (Å²) in [7, 11) is 0. The highest BCUT2D eigenvalue weighted by Gasteiger charge is 2.28. The fraction of sp³-hybridized carbons (Fsp3) is 0.667. The van der Waals surface area contributed by atoms with Crippen LogP contribution >= 0.6 is 0 Å². The van der Waals surface area contributed by atoms with Crippen LogP contribution in [-0.4, -0.2) is 24.5 Å². The Morgan fingerprint density at radius 1 is 1.20 bits per heavy atom. The molecule has 0 saturated heterocycles. The second-order valence-corrected chi connectivity index (χ2v) is 7.10. The van der Waals surface area contributed by atoms with Gasteiger partial charge in [-0.2, -0.15) is 0 Å². The molecule has 2 heteroatoms. The van der Waals surface area contributed by atoms with Gasteiger partial charge in [0.05, 0.1) is 0 Å². The second kappa shape index (κ2) is 6.73. The van der Waals surface area contributed by atoms with E-state index in [1.54, 1.807) is 0 Å². The van der Waals surface area contributed by atoms with Gasteiger partial charge in [-0.1, -0.05) is 52.0 Å². The van der Waals surface area contributed by atoms with E-state index in [4.69, 9.17) is 0 Å². The number of hydrogen-bond donors (Lipinski definition) is 1. The molecular formula is C18H30N2. The Morgan fingerprint density at radius 2 is 1.80 bits per heavy atom. The molecule has 0 radical (unpaired) electrons. The van der Waals surface area contributed by atoms with Gasteiger partial charge in [0.15, 0.2) is 0 Å². The monoisotopic (exact) mass is 274 g/mol. The van der Waals surface area contributed by atoms with Crippen LogP contribution in [0, 0.1) is 11.3 Å². The number of benzene rings is 1. The van der Waals surface area contributed by atoms with Gasteiger partial charge in [0.1, 0.15) is 0 Å². The van der Waals surface area contributed by atoms with Crippen LogP contribution in [0.1, 0.15) is 45.2 Å². The normalized spacial score (nSPS) is 18.2. The van der Waals surface area contributed by atoms with Gasteiger partial charge in [0, 0.05) is 26.2 Å². The van der Waals surface area contributed by atoms with Crippen LogP contribution in [0.2, 0.25) is 0 Å². The smallest absolute Gasteiger partial charge is 0.0240 e. The Labute approximate surface area is 124 Å². The van der Waals surface area contributed by atoms with E-state index in [9.17, 15) is 0 Å². The summed E-state index contributed by atoms with van der Waals surface area (Å²) >= 11 is 0. The molecule has 1 aliphatic heterocycles. The van der Waals surface area contributed by atoms with Gasteiger partial charge in [0.2, 0.25) is 0 Å². The van der Waals surface area contributed by atoms with Gasteiger partial charge in [-0.3, -0.25) is 4.90 Å². The van der Waals surface area contributed by atoms with Gasteiger partial charge in [-0.25, -0.2) is 0 Å². The van der Waals surface area contributed by atoms with Crippen LogP contribution in [0.3, 0.4) is 0 Å². The number of nitrogens with one attached hydrogen (secondary N) is 1. The highest BCUT2D eigenvalue weighted by Crippen LogP contribution is 2.28. The molecule has 1 unspecified atom stereocenters. The van der Waals surface area contributed by atoms with Gasteiger partial charge >= 0.3 is 0 Å². The molecule has 0 amide bonds. The van der Waals surface area contributed by atoms with E-state index in [0.717, 1.165) is 32.1 Å². The van der Waals surface area contributed by atoms with Crippen molar-refractivity contribution in [1.82, 2.24) is 10.2 Å². The van der Waals surface area contributed by atoms with Crippen LogP contribution in [-0.2, 0) is 13.1 Å². The zero-order valence-corrected chi connectivity index (χ0v) is 13.6. The average molecular weight is 274 g/mol. The zero-order chi connectivity index (χ0) is 14.6. The van der Waals surface area contributed by atoms with E-state index in [0.29, 0.717) is 5.41 Å². The molecule has 1 N–H and O–H groups in total. The van der Waals surface area contributed by atoms with Gasteiger partial charge in [-0.15, -0.1) is 0 Å². The summed E-state index contributed by atoms with van der Waals surface area (Å²) in [4.78, 5) is 2.60. The van der Waals surface area contributed by atoms with E-state index < -0.39 is 0 Å². The molecule has 1 atom stereocenters. The quantitative estimate of drug-likeness (QED) is 0.816. The summed E-state index contributed by atoms with van der Waals surface area (Å²) in [6.45, 7) is 14.9. The van der Waals surface area contributed by atoms with Gasteiger partial charge in [0.25, 0.3) is 0 Å². The zero-order valence-electron chi connectivity index (χ0n) is 13.6.